The van der Waals surface area contributed by atoms with E-state index in [0.717, 1.165) is 0 Å². The standard InChI is InChI=1S/C17H28OS/c1-12-9-10-13(2)14(11-12)19-17(7,8)15(3,4)16(5,6)18/h9-11,18H,1-8H3. The molecule has 0 unspecified atom stereocenters. The minimum atomic E-state index is -0.721. The van der Waals surface area contributed by atoms with E-state index < -0.39 is 5.60 Å². The first kappa shape index (κ1) is 16.6. The third kappa shape index (κ3) is 3.35. The van der Waals surface area contributed by atoms with Crippen molar-refractivity contribution in [1.29, 1.82) is 0 Å². The predicted octanol–water partition coefficient (Wildman–Crippen LogP) is 4.97. The highest BCUT2D eigenvalue weighted by atomic mass is 32.2. The van der Waals surface area contributed by atoms with Crippen LogP contribution in [0, 0.1) is 19.3 Å². The molecular formula is C17H28OS. The summed E-state index contributed by atoms with van der Waals surface area (Å²) in [5, 5.41) is 10.5. The Morgan fingerprint density at radius 1 is 0.947 bits per heavy atom. The lowest BCUT2D eigenvalue weighted by Crippen LogP contribution is -2.51. The second kappa shape index (κ2) is 5.14. The first-order chi connectivity index (χ1) is 8.38. The van der Waals surface area contributed by atoms with E-state index in [0.29, 0.717) is 0 Å². The number of thioether (sulfide) groups is 1. The molecular weight excluding hydrogens is 252 g/mol. The van der Waals surface area contributed by atoms with Crippen LogP contribution in [0.25, 0.3) is 0 Å². The van der Waals surface area contributed by atoms with Crippen LogP contribution >= 0.6 is 11.8 Å². The van der Waals surface area contributed by atoms with Gasteiger partial charge in [0.15, 0.2) is 0 Å². The first-order valence-corrected chi connectivity index (χ1v) is 7.69. The van der Waals surface area contributed by atoms with Gasteiger partial charge in [-0.3, -0.25) is 0 Å². The number of hydrogen-bond donors (Lipinski definition) is 1. The van der Waals surface area contributed by atoms with Crippen LogP contribution in [0.3, 0.4) is 0 Å². The summed E-state index contributed by atoms with van der Waals surface area (Å²) in [7, 11) is 0. The van der Waals surface area contributed by atoms with Crippen molar-refractivity contribution in [3.63, 3.8) is 0 Å². The summed E-state index contributed by atoms with van der Waals surface area (Å²) in [6.07, 6.45) is 0. The van der Waals surface area contributed by atoms with E-state index in [1.54, 1.807) is 0 Å². The normalized spacial score (nSPS) is 13.7. The van der Waals surface area contributed by atoms with Gasteiger partial charge in [0.1, 0.15) is 0 Å². The molecule has 0 radical (unpaired) electrons. The van der Waals surface area contributed by atoms with Gasteiger partial charge in [-0.15, -0.1) is 11.8 Å². The van der Waals surface area contributed by atoms with E-state index in [1.807, 2.05) is 25.6 Å². The molecule has 0 aromatic heterocycles. The molecule has 1 rings (SSSR count). The van der Waals surface area contributed by atoms with Gasteiger partial charge in [0, 0.05) is 15.1 Å². The van der Waals surface area contributed by atoms with E-state index in [2.05, 4.69) is 59.7 Å². The van der Waals surface area contributed by atoms with E-state index in [-0.39, 0.29) is 10.2 Å². The molecule has 19 heavy (non-hydrogen) atoms. The van der Waals surface area contributed by atoms with Crippen molar-refractivity contribution in [2.75, 3.05) is 0 Å². The van der Waals surface area contributed by atoms with Crippen molar-refractivity contribution in [3.8, 4) is 0 Å². The SMILES string of the molecule is Cc1ccc(C)c(SC(C)(C)C(C)(C)C(C)(C)O)c1. The number of rotatable bonds is 4. The molecule has 1 nitrogen and oxygen atoms in total. The van der Waals surface area contributed by atoms with E-state index in [9.17, 15) is 5.11 Å². The summed E-state index contributed by atoms with van der Waals surface area (Å²) >= 11 is 1.86. The lowest BCUT2D eigenvalue weighted by molar-refractivity contribution is -0.0507. The van der Waals surface area contributed by atoms with Crippen molar-refractivity contribution in [3.05, 3.63) is 29.3 Å². The molecule has 0 atom stereocenters. The number of benzene rings is 1. The maximum atomic E-state index is 10.5. The molecule has 0 saturated heterocycles. The molecule has 0 aliphatic carbocycles. The van der Waals surface area contributed by atoms with Gasteiger partial charge in [0.2, 0.25) is 0 Å². The highest BCUT2D eigenvalue weighted by Gasteiger charge is 2.47. The molecule has 0 fully saturated rings. The second-order valence-electron chi connectivity index (χ2n) is 7.07. The lowest BCUT2D eigenvalue weighted by atomic mass is 9.69. The Bertz CT molecular complexity index is 453. The monoisotopic (exact) mass is 280 g/mol. The summed E-state index contributed by atoms with van der Waals surface area (Å²) < 4.78 is -0.0657. The fraction of sp³-hybridized carbons (Fsp3) is 0.647. The topological polar surface area (TPSA) is 20.2 Å². The Labute approximate surface area is 122 Å². The zero-order chi connectivity index (χ0) is 15.1. The third-order valence-corrected chi connectivity index (χ3v) is 6.42. The summed E-state index contributed by atoms with van der Waals surface area (Å²) in [4.78, 5) is 1.31. The molecule has 0 saturated carbocycles. The second-order valence-corrected chi connectivity index (χ2v) is 8.73. The Hall–Kier alpha value is -0.470. The Balaban J connectivity index is 3.12. The van der Waals surface area contributed by atoms with Gasteiger partial charge < -0.3 is 5.11 Å². The molecule has 1 N–H and O–H groups in total. The van der Waals surface area contributed by atoms with Gasteiger partial charge in [-0.05, 0) is 53.2 Å². The van der Waals surface area contributed by atoms with Gasteiger partial charge in [-0.25, -0.2) is 0 Å². The van der Waals surface area contributed by atoms with E-state index >= 15 is 0 Å². The molecule has 1 aromatic carbocycles. The summed E-state index contributed by atoms with van der Waals surface area (Å²) in [5.41, 5.74) is 1.66. The van der Waals surface area contributed by atoms with Crippen molar-refractivity contribution in [2.24, 2.45) is 5.41 Å². The van der Waals surface area contributed by atoms with Crippen LogP contribution in [0.15, 0.2) is 23.1 Å². The smallest absolute Gasteiger partial charge is 0.0655 e. The van der Waals surface area contributed by atoms with E-state index in [4.69, 9.17) is 0 Å². The third-order valence-electron chi connectivity index (χ3n) is 4.74. The first-order valence-electron chi connectivity index (χ1n) is 6.87. The van der Waals surface area contributed by atoms with Crippen LogP contribution in [0.2, 0.25) is 0 Å². The summed E-state index contributed by atoms with van der Waals surface area (Å²) in [6.45, 7) is 16.8. The average Bonchev–Trinajstić information content (AvgIpc) is 2.21. The van der Waals surface area contributed by atoms with Crippen LogP contribution in [0.5, 0.6) is 0 Å². The quantitative estimate of drug-likeness (QED) is 0.786. The Morgan fingerprint density at radius 3 is 1.95 bits per heavy atom. The fourth-order valence-corrected chi connectivity index (χ4v) is 3.48. The number of aryl methyl sites for hydroxylation is 2. The highest BCUT2D eigenvalue weighted by molar-refractivity contribution is 8.00. The van der Waals surface area contributed by atoms with Crippen LogP contribution in [0.1, 0.15) is 52.7 Å². The van der Waals surface area contributed by atoms with Gasteiger partial charge >= 0.3 is 0 Å². The number of aliphatic hydroxyl groups is 1. The molecule has 0 bridgehead atoms. The van der Waals surface area contributed by atoms with Crippen LogP contribution in [-0.4, -0.2) is 15.5 Å². The fourth-order valence-electron chi connectivity index (χ4n) is 1.96. The molecule has 0 spiro atoms. The molecule has 108 valence electrons. The molecule has 2 heteroatoms. The van der Waals surface area contributed by atoms with Gasteiger partial charge in [-0.1, -0.05) is 31.5 Å². The lowest BCUT2D eigenvalue weighted by Gasteiger charge is -2.49. The Kier molecular flexibility index (Phi) is 4.49. The summed E-state index contributed by atoms with van der Waals surface area (Å²) in [5.74, 6) is 0. The van der Waals surface area contributed by atoms with Crippen LogP contribution in [0.4, 0.5) is 0 Å². The van der Waals surface area contributed by atoms with Crippen molar-refractivity contribution in [2.45, 2.75) is 70.6 Å². The maximum absolute atomic E-state index is 10.5. The zero-order valence-corrected chi connectivity index (χ0v) is 14.4. The molecule has 0 aliphatic rings. The number of hydrogen-bond acceptors (Lipinski definition) is 2. The van der Waals surface area contributed by atoms with Gasteiger partial charge in [0.25, 0.3) is 0 Å². The average molecular weight is 280 g/mol. The largest absolute Gasteiger partial charge is 0.390 e. The van der Waals surface area contributed by atoms with Crippen LogP contribution < -0.4 is 0 Å². The Morgan fingerprint density at radius 2 is 1.47 bits per heavy atom. The summed E-state index contributed by atoms with van der Waals surface area (Å²) in [6, 6.07) is 6.56. The molecule has 1 aromatic rings. The molecule has 0 heterocycles. The van der Waals surface area contributed by atoms with E-state index in [1.165, 1.54) is 16.0 Å². The van der Waals surface area contributed by atoms with Crippen LogP contribution in [-0.2, 0) is 0 Å². The molecule has 0 aliphatic heterocycles. The zero-order valence-electron chi connectivity index (χ0n) is 13.6. The maximum Gasteiger partial charge on any atom is 0.0655 e. The molecule has 0 amide bonds. The minimum Gasteiger partial charge on any atom is -0.390 e. The van der Waals surface area contributed by atoms with Crippen molar-refractivity contribution < 1.29 is 5.11 Å². The van der Waals surface area contributed by atoms with Crippen molar-refractivity contribution in [1.82, 2.24) is 0 Å². The predicted molar refractivity (Wildman–Crippen MR) is 85.9 cm³/mol. The highest BCUT2D eigenvalue weighted by Crippen LogP contribution is 2.51. The van der Waals surface area contributed by atoms with Gasteiger partial charge in [0.05, 0.1) is 5.60 Å². The van der Waals surface area contributed by atoms with Gasteiger partial charge in [-0.2, -0.15) is 0 Å². The minimum absolute atomic E-state index is 0.0657. The van der Waals surface area contributed by atoms with Crippen molar-refractivity contribution >= 4 is 11.8 Å².